The molecule has 31 heavy (non-hydrogen) atoms. The summed E-state index contributed by atoms with van der Waals surface area (Å²) in [5.74, 6) is -0.530. The molecule has 0 bridgehead atoms. The zero-order chi connectivity index (χ0) is 22.4. The van der Waals surface area contributed by atoms with Crippen molar-refractivity contribution in [3.8, 4) is 0 Å². The first-order valence-electron chi connectivity index (χ1n) is 10.2. The van der Waals surface area contributed by atoms with Crippen LogP contribution in [-0.4, -0.2) is 77.0 Å². The lowest BCUT2D eigenvalue weighted by Gasteiger charge is -2.35. The number of halogens is 1. The van der Waals surface area contributed by atoms with Crippen molar-refractivity contribution in [2.45, 2.75) is 11.3 Å². The average Bonchev–Trinajstić information content (AvgIpc) is 2.79. The van der Waals surface area contributed by atoms with E-state index in [1.54, 1.807) is 43.3 Å². The van der Waals surface area contributed by atoms with Gasteiger partial charge in [-0.05, 0) is 48.9 Å². The molecule has 1 fully saturated rings. The predicted octanol–water partition coefficient (Wildman–Crippen LogP) is 2.45. The lowest BCUT2D eigenvalue weighted by Crippen LogP contribution is -2.48. The van der Waals surface area contributed by atoms with Crippen LogP contribution in [0.5, 0.6) is 0 Å². The van der Waals surface area contributed by atoms with Crippen LogP contribution in [0.1, 0.15) is 16.8 Å². The summed E-state index contributed by atoms with van der Waals surface area (Å²) in [5, 5.41) is 0. The predicted molar refractivity (Wildman–Crippen MR) is 117 cm³/mol. The summed E-state index contributed by atoms with van der Waals surface area (Å²) in [4.78, 5) is 16.4. The lowest BCUT2D eigenvalue weighted by molar-refractivity contribution is 0.0779. The third-order valence-electron chi connectivity index (χ3n) is 5.34. The highest BCUT2D eigenvalue weighted by Gasteiger charge is 2.29. The maximum absolute atomic E-state index is 13.1. The molecule has 9 heteroatoms. The number of ether oxygens (including phenoxy) is 1. The van der Waals surface area contributed by atoms with Gasteiger partial charge in [0.2, 0.25) is 10.0 Å². The minimum absolute atomic E-state index is 0.110. The first kappa shape index (κ1) is 23.2. The standard InChI is InChI=1S/C22H28FN3O4S/c1-24(11-4-16-30-2)22(27)18-5-3-6-21(17-18)31(28,29)26-14-12-25(13-15-26)20-9-7-19(23)8-10-20/h3,5-10,17H,4,11-16H2,1-2H3. The molecule has 3 rings (SSSR count). The number of hydrogen-bond acceptors (Lipinski definition) is 5. The molecule has 0 atom stereocenters. The summed E-state index contributed by atoms with van der Waals surface area (Å²) >= 11 is 0. The Balaban J connectivity index is 1.67. The van der Waals surface area contributed by atoms with Crippen molar-refractivity contribution < 1.29 is 22.3 Å². The molecule has 168 valence electrons. The fraction of sp³-hybridized carbons (Fsp3) is 0.409. The first-order chi connectivity index (χ1) is 14.8. The number of methoxy groups -OCH3 is 1. The molecule has 2 aromatic rings. The molecule has 1 saturated heterocycles. The zero-order valence-electron chi connectivity index (χ0n) is 17.8. The number of anilines is 1. The van der Waals surface area contributed by atoms with Gasteiger partial charge in [-0.15, -0.1) is 0 Å². The lowest BCUT2D eigenvalue weighted by atomic mass is 10.2. The Morgan fingerprint density at radius 3 is 2.42 bits per heavy atom. The number of nitrogens with zero attached hydrogens (tertiary/aromatic N) is 3. The highest BCUT2D eigenvalue weighted by atomic mass is 32.2. The maximum Gasteiger partial charge on any atom is 0.253 e. The summed E-state index contributed by atoms with van der Waals surface area (Å²) in [6.45, 7) is 2.71. The normalized spacial score (nSPS) is 15.1. The Hall–Kier alpha value is -2.49. The van der Waals surface area contributed by atoms with Gasteiger partial charge < -0.3 is 14.5 Å². The van der Waals surface area contributed by atoms with Crippen molar-refractivity contribution >= 4 is 21.6 Å². The summed E-state index contributed by atoms with van der Waals surface area (Å²) in [5.41, 5.74) is 1.20. The van der Waals surface area contributed by atoms with Gasteiger partial charge in [0.25, 0.3) is 5.91 Å². The molecule has 1 aliphatic heterocycles. The average molecular weight is 450 g/mol. The highest BCUT2D eigenvalue weighted by molar-refractivity contribution is 7.89. The number of hydrogen-bond donors (Lipinski definition) is 0. The molecule has 0 aromatic heterocycles. The Kier molecular flexibility index (Phi) is 7.64. The number of sulfonamides is 1. The van der Waals surface area contributed by atoms with E-state index in [9.17, 15) is 17.6 Å². The van der Waals surface area contributed by atoms with Crippen LogP contribution in [0, 0.1) is 5.82 Å². The van der Waals surface area contributed by atoms with Crippen LogP contribution in [0.2, 0.25) is 0 Å². The van der Waals surface area contributed by atoms with Crippen molar-refractivity contribution in [1.29, 1.82) is 0 Å². The topological polar surface area (TPSA) is 70.2 Å². The molecule has 0 spiro atoms. The van der Waals surface area contributed by atoms with Crippen molar-refractivity contribution in [2.75, 3.05) is 58.4 Å². The van der Waals surface area contributed by atoms with Crippen LogP contribution in [0.25, 0.3) is 0 Å². The van der Waals surface area contributed by atoms with E-state index in [1.165, 1.54) is 28.6 Å². The second-order valence-corrected chi connectivity index (χ2v) is 9.41. The highest BCUT2D eigenvalue weighted by Crippen LogP contribution is 2.22. The molecule has 2 aromatic carbocycles. The van der Waals surface area contributed by atoms with Crippen LogP contribution in [0.4, 0.5) is 10.1 Å². The number of carbonyl (C=O) groups excluding carboxylic acids is 1. The molecule has 0 N–H and O–H groups in total. The number of rotatable bonds is 8. The van der Waals surface area contributed by atoms with E-state index in [0.717, 1.165) is 5.69 Å². The third kappa shape index (κ3) is 5.61. The summed E-state index contributed by atoms with van der Waals surface area (Å²) in [6, 6.07) is 12.4. The van der Waals surface area contributed by atoms with Gasteiger partial charge in [0.05, 0.1) is 4.90 Å². The van der Waals surface area contributed by atoms with E-state index >= 15 is 0 Å². The Labute approximate surface area is 183 Å². The quantitative estimate of drug-likeness (QED) is 0.579. The van der Waals surface area contributed by atoms with Gasteiger partial charge in [0.1, 0.15) is 5.82 Å². The van der Waals surface area contributed by atoms with Crippen LogP contribution >= 0.6 is 0 Å². The van der Waals surface area contributed by atoms with E-state index in [1.807, 2.05) is 4.90 Å². The number of benzene rings is 2. The van der Waals surface area contributed by atoms with E-state index in [-0.39, 0.29) is 16.6 Å². The van der Waals surface area contributed by atoms with Crippen molar-refractivity contribution in [3.63, 3.8) is 0 Å². The smallest absolute Gasteiger partial charge is 0.253 e. The number of amides is 1. The zero-order valence-corrected chi connectivity index (χ0v) is 18.6. The van der Waals surface area contributed by atoms with Gasteiger partial charge in [-0.25, -0.2) is 12.8 Å². The van der Waals surface area contributed by atoms with Crippen LogP contribution < -0.4 is 4.90 Å². The van der Waals surface area contributed by atoms with Gasteiger partial charge in [0, 0.05) is 64.7 Å². The molecule has 7 nitrogen and oxygen atoms in total. The van der Waals surface area contributed by atoms with E-state index in [4.69, 9.17) is 4.74 Å². The van der Waals surface area contributed by atoms with Gasteiger partial charge in [-0.2, -0.15) is 4.31 Å². The van der Waals surface area contributed by atoms with Gasteiger partial charge in [0.15, 0.2) is 0 Å². The fourth-order valence-electron chi connectivity index (χ4n) is 3.55. The molecule has 0 aliphatic carbocycles. The number of carbonyl (C=O) groups is 1. The summed E-state index contributed by atoms with van der Waals surface area (Å²) < 4.78 is 45.9. The molecule has 0 unspecified atom stereocenters. The minimum Gasteiger partial charge on any atom is -0.385 e. The molecule has 0 radical (unpaired) electrons. The minimum atomic E-state index is -3.72. The Bertz CT molecular complexity index is 990. The van der Waals surface area contributed by atoms with Crippen molar-refractivity contribution in [3.05, 3.63) is 59.9 Å². The van der Waals surface area contributed by atoms with Crippen molar-refractivity contribution in [2.24, 2.45) is 0 Å². The summed E-state index contributed by atoms with van der Waals surface area (Å²) in [6.07, 6.45) is 0.703. The molecule has 1 aliphatic rings. The van der Waals surface area contributed by atoms with E-state index in [0.29, 0.717) is 51.3 Å². The van der Waals surface area contributed by atoms with Crippen LogP contribution in [0.3, 0.4) is 0 Å². The largest absolute Gasteiger partial charge is 0.385 e. The maximum atomic E-state index is 13.1. The monoisotopic (exact) mass is 449 g/mol. The molecule has 1 heterocycles. The molecule has 1 amide bonds. The Morgan fingerprint density at radius 2 is 1.77 bits per heavy atom. The van der Waals surface area contributed by atoms with Gasteiger partial charge >= 0.3 is 0 Å². The Morgan fingerprint density at radius 1 is 1.10 bits per heavy atom. The summed E-state index contributed by atoms with van der Waals surface area (Å²) in [7, 11) is -0.426. The number of piperazine rings is 1. The van der Waals surface area contributed by atoms with E-state index in [2.05, 4.69) is 0 Å². The van der Waals surface area contributed by atoms with Crippen molar-refractivity contribution in [1.82, 2.24) is 9.21 Å². The molecular weight excluding hydrogens is 421 g/mol. The van der Waals surface area contributed by atoms with Crippen LogP contribution in [0.15, 0.2) is 53.4 Å². The molecular formula is C22H28FN3O4S. The van der Waals surface area contributed by atoms with Crippen LogP contribution in [-0.2, 0) is 14.8 Å². The van der Waals surface area contributed by atoms with Gasteiger partial charge in [-0.3, -0.25) is 4.79 Å². The van der Waals surface area contributed by atoms with E-state index < -0.39 is 10.0 Å². The first-order valence-corrected chi connectivity index (χ1v) is 11.6. The second kappa shape index (κ2) is 10.2. The van der Waals surface area contributed by atoms with Gasteiger partial charge in [-0.1, -0.05) is 6.07 Å². The fourth-order valence-corrected chi connectivity index (χ4v) is 5.01. The SMILES string of the molecule is COCCCN(C)C(=O)c1cccc(S(=O)(=O)N2CCN(c3ccc(F)cc3)CC2)c1. The third-order valence-corrected chi connectivity index (χ3v) is 7.23. The second-order valence-electron chi connectivity index (χ2n) is 7.47. The molecule has 0 saturated carbocycles.